The fraction of sp³-hybridized carbons (Fsp3) is 0.111. The lowest BCUT2D eigenvalue weighted by Crippen LogP contribution is -2.06. The molecular formula is C9H9FN4O. The number of nitrogens with one attached hydrogen (secondary N) is 1. The fourth-order valence-corrected chi connectivity index (χ4v) is 1.09. The topological polar surface area (TPSA) is 77.0 Å². The van der Waals surface area contributed by atoms with Crippen LogP contribution in [0.5, 0.6) is 0 Å². The largest absolute Gasteiger partial charge is 0.467 e. The van der Waals surface area contributed by atoms with E-state index in [1.165, 1.54) is 0 Å². The molecule has 0 spiro atoms. The highest BCUT2D eigenvalue weighted by molar-refractivity contribution is 5.39. The van der Waals surface area contributed by atoms with Crippen molar-refractivity contribution in [3.05, 3.63) is 36.2 Å². The van der Waals surface area contributed by atoms with E-state index >= 15 is 0 Å². The summed E-state index contributed by atoms with van der Waals surface area (Å²) in [6, 6.07) is 3.52. The molecule has 2 heterocycles. The smallest absolute Gasteiger partial charge is 0.222 e. The maximum atomic E-state index is 13.1. The van der Waals surface area contributed by atoms with Crippen LogP contribution in [-0.2, 0) is 6.54 Å². The lowest BCUT2D eigenvalue weighted by atomic mass is 10.4. The van der Waals surface area contributed by atoms with Crippen LogP contribution >= 0.6 is 0 Å². The lowest BCUT2D eigenvalue weighted by molar-refractivity contribution is 0.516. The van der Waals surface area contributed by atoms with Gasteiger partial charge in [-0.3, -0.25) is 0 Å². The Morgan fingerprint density at radius 2 is 2.40 bits per heavy atom. The summed E-state index contributed by atoms with van der Waals surface area (Å²) in [5.41, 5.74) is 5.32. The zero-order chi connectivity index (χ0) is 10.7. The molecular weight excluding hydrogens is 199 g/mol. The Balaban J connectivity index is 2.07. The van der Waals surface area contributed by atoms with Crippen molar-refractivity contribution in [2.75, 3.05) is 11.1 Å². The molecule has 0 aliphatic carbocycles. The van der Waals surface area contributed by atoms with E-state index in [2.05, 4.69) is 15.3 Å². The monoisotopic (exact) mass is 208 g/mol. The second-order valence-corrected chi connectivity index (χ2v) is 2.86. The number of anilines is 2. The van der Waals surface area contributed by atoms with Gasteiger partial charge in [0.1, 0.15) is 5.76 Å². The minimum Gasteiger partial charge on any atom is -0.467 e. The first-order valence-electron chi connectivity index (χ1n) is 4.30. The van der Waals surface area contributed by atoms with E-state index in [-0.39, 0.29) is 11.8 Å². The van der Waals surface area contributed by atoms with Gasteiger partial charge in [-0.05, 0) is 12.1 Å². The average molecular weight is 208 g/mol. The van der Waals surface area contributed by atoms with Crippen molar-refractivity contribution in [1.82, 2.24) is 9.97 Å². The number of aromatic nitrogens is 2. The quantitative estimate of drug-likeness (QED) is 0.797. The normalized spacial score (nSPS) is 10.2. The zero-order valence-corrected chi connectivity index (χ0v) is 7.77. The molecule has 6 heteroatoms. The predicted molar refractivity (Wildman–Crippen MR) is 52.4 cm³/mol. The van der Waals surface area contributed by atoms with Crippen LogP contribution in [0.3, 0.4) is 0 Å². The number of hydrogen-bond acceptors (Lipinski definition) is 5. The molecule has 0 bridgehead atoms. The van der Waals surface area contributed by atoms with Crippen LogP contribution in [0.4, 0.5) is 16.2 Å². The van der Waals surface area contributed by atoms with Crippen molar-refractivity contribution in [2.24, 2.45) is 0 Å². The molecule has 2 aromatic rings. The Morgan fingerprint density at radius 1 is 1.53 bits per heavy atom. The SMILES string of the molecule is Nc1ncc(F)c(NCc2ccco2)n1. The molecule has 0 aliphatic heterocycles. The summed E-state index contributed by atoms with van der Waals surface area (Å²) in [5.74, 6) is 0.236. The van der Waals surface area contributed by atoms with Gasteiger partial charge >= 0.3 is 0 Å². The Bertz CT molecular complexity index is 443. The van der Waals surface area contributed by atoms with Crippen LogP contribution in [-0.4, -0.2) is 9.97 Å². The van der Waals surface area contributed by atoms with Gasteiger partial charge in [0.25, 0.3) is 0 Å². The van der Waals surface area contributed by atoms with Gasteiger partial charge in [-0.1, -0.05) is 0 Å². The van der Waals surface area contributed by atoms with E-state index in [9.17, 15) is 4.39 Å². The van der Waals surface area contributed by atoms with Crippen LogP contribution in [0.15, 0.2) is 29.0 Å². The summed E-state index contributed by atoms with van der Waals surface area (Å²) >= 11 is 0. The van der Waals surface area contributed by atoms with Crippen LogP contribution in [0.25, 0.3) is 0 Å². The molecule has 78 valence electrons. The third-order valence-corrected chi connectivity index (χ3v) is 1.77. The van der Waals surface area contributed by atoms with E-state index in [0.29, 0.717) is 12.3 Å². The molecule has 0 atom stereocenters. The van der Waals surface area contributed by atoms with Gasteiger partial charge in [-0.2, -0.15) is 4.98 Å². The van der Waals surface area contributed by atoms with Crippen molar-refractivity contribution in [3.63, 3.8) is 0 Å². The number of rotatable bonds is 3. The van der Waals surface area contributed by atoms with Crippen LogP contribution < -0.4 is 11.1 Å². The highest BCUT2D eigenvalue weighted by Gasteiger charge is 2.05. The molecule has 2 aromatic heterocycles. The van der Waals surface area contributed by atoms with Crippen LogP contribution in [0.2, 0.25) is 0 Å². The third-order valence-electron chi connectivity index (χ3n) is 1.77. The van der Waals surface area contributed by atoms with Crippen molar-refractivity contribution in [1.29, 1.82) is 0 Å². The number of nitrogens with zero attached hydrogens (tertiary/aromatic N) is 2. The van der Waals surface area contributed by atoms with E-state index in [1.54, 1.807) is 18.4 Å². The molecule has 0 fully saturated rings. The summed E-state index contributed by atoms with van der Waals surface area (Å²) in [6.07, 6.45) is 2.56. The number of nitrogen functional groups attached to an aromatic ring is 1. The van der Waals surface area contributed by atoms with E-state index in [1.807, 2.05) is 0 Å². The highest BCUT2D eigenvalue weighted by Crippen LogP contribution is 2.11. The van der Waals surface area contributed by atoms with Crippen LogP contribution in [0.1, 0.15) is 5.76 Å². The minimum atomic E-state index is -0.546. The highest BCUT2D eigenvalue weighted by atomic mass is 19.1. The standard InChI is InChI=1S/C9H9FN4O/c10-7-5-13-9(11)14-8(7)12-4-6-2-1-3-15-6/h1-3,5H,4H2,(H3,11,12,13,14). The molecule has 0 amide bonds. The van der Waals surface area contributed by atoms with Crippen molar-refractivity contribution in [2.45, 2.75) is 6.54 Å². The molecule has 0 aromatic carbocycles. The first kappa shape index (κ1) is 9.45. The Morgan fingerprint density at radius 3 is 3.13 bits per heavy atom. The Kier molecular flexibility index (Phi) is 2.49. The number of halogens is 1. The van der Waals surface area contributed by atoms with Gasteiger partial charge in [0, 0.05) is 0 Å². The average Bonchev–Trinajstić information content (AvgIpc) is 2.72. The van der Waals surface area contributed by atoms with Gasteiger partial charge in [0.2, 0.25) is 5.95 Å². The molecule has 15 heavy (non-hydrogen) atoms. The summed E-state index contributed by atoms with van der Waals surface area (Å²) < 4.78 is 18.2. The maximum Gasteiger partial charge on any atom is 0.222 e. The molecule has 0 aliphatic rings. The molecule has 0 radical (unpaired) electrons. The van der Waals surface area contributed by atoms with Crippen LogP contribution in [0, 0.1) is 5.82 Å². The summed E-state index contributed by atoms with van der Waals surface area (Å²) in [5, 5.41) is 2.76. The first-order chi connectivity index (χ1) is 7.25. The van der Waals surface area contributed by atoms with Crippen molar-refractivity contribution >= 4 is 11.8 Å². The van der Waals surface area contributed by atoms with Gasteiger partial charge in [0.05, 0.1) is 19.0 Å². The molecule has 5 nitrogen and oxygen atoms in total. The van der Waals surface area contributed by atoms with Crippen molar-refractivity contribution in [3.8, 4) is 0 Å². The molecule has 0 saturated heterocycles. The van der Waals surface area contributed by atoms with Gasteiger partial charge < -0.3 is 15.5 Å². The molecule has 3 N–H and O–H groups in total. The number of furan rings is 1. The molecule has 0 saturated carbocycles. The zero-order valence-electron chi connectivity index (χ0n) is 7.77. The number of hydrogen-bond donors (Lipinski definition) is 2. The second kappa shape index (κ2) is 3.95. The number of nitrogens with two attached hydrogens (primary N) is 1. The third kappa shape index (κ3) is 2.22. The second-order valence-electron chi connectivity index (χ2n) is 2.86. The first-order valence-corrected chi connectivity index (χ1v) is 4.30. The molecule has 0 unspecified atom stereocenters. The van der Waals surface area contributed by atoms with Gasteiger partial charge in [-0.25, -0.2) is 9.37 Å². The predicted octanol–water partition coefficient (Wildman–Crippen LogP) is 1.40. The Hall–Kier alpha value is -2.11. The summed E-state index contributed by atoms with van der Waals surface area (Å²) in [4.78, 5) is 7.22. The summed E-state index contributed by atoms with van der Waals surface area (Å²) in [6.45, 7) is 0.348. The van der Waals surface area contributed by atoms with Crippen molar-refractivity contribution < 1.29 is 8.81 Å². The Labute approximate surface area is 85.1 Å². The molecule has 2 rings (SSSR count). The van der Waals surface area contributed by atoms with Gasteiger partial charge in [0.15, 0.2) is 11.6 Å². The minimum absolute atomic E-state index is 0.0262. The van der Waals surface area contributed by atoms with Gasteiger partial charge in [-0.15, -0.1) is 0 Å². The lowest BCUT2D eigenvalue weighted by Gasteiger charge is -2.04. The summed E-state index contributed by atoms with van der Waals surface area (Å²) in [7, 11) is 0. The maximum absolute atomic E-state index is 13.1. The van der Waals surface area contributed by atoms with E-state index in [4.69, 9.17) is 10.2 Å². The fourth-order valence-electron chi connectivity index (χ4n) is 1.09. The van der Waals surface area contributed by atoms with E-state index in [0.717, 1.165) is 6.20 Å². The van der Waals surface area contributed by atoms with E-state index < -0.39 is 5.82 Å².